The van der Waals surface area contributed by atoms with Crippen molar-refractivity contribution in [1.29, 1.82) is 0 Å². The number of H-pyrrole nitrogens is 1. The molecular weight excluding hydrogens is 271 g/mol. The standard InChI is InChI=1S/C16H13FN2O2/c1-21-9-10-8-15(20)19-16(18-10)13-6-7-14(17)12-5-3-2-4-11(12)13/h2-8H,9H2,1H3,(H,18,19,20). The van der Waals surface area contributed by atoms with Gasteiger partial charge < -0.3 is 9.72 Å². The predicted octanol–water partition coefficient (Wildman–Crippen LogP) is 2.88. The highest BCUT2D eigenvalue weighted by molar-refractivity contribution is 5.95. The maximum Gasteiger partial charge on any atom is 0.251 e. The Kier molecular flexibility index (Phi) is 3.50. The minimum atomic E-state index is -0.301. The molecule has 0 spiro atoms. The second kappa shape index (κ2) is 5.46. The Balaban J connectivity index is 2.26. The number of methoxy groups -OCH3 is 1. The number of aromatic amines is 1. The third kappa shape index (κ3) is 2.55. The molecule has 0 atom stereocenters. The number of hydrogen-bond acceptors (Lipinski definition) is 3. The van der Waals surface area contributed by atoms with Crippen molar-refractivity contribution >= 4 is 10.8 Å². The lowest BCUT2D eigenvalue weighted by molar-refractivity contribution is 0.181. The lowest BCUT2D eigenvalue weighted by atomic mass is 10.0. The molecule has 3 rings (SSSR count). The van der Waals surface area contributed by atoms with Gasteiger partial charge in [-0.15, -0.1) is 0 Å². The molecule has 0 fully saturated rings. The summed E-state index contributed by atoms with van der Waals surface area (Å²) in [6, 6.07) is 11.5. The lowest BCUT2D eigenvalue weighted by Gasteiger charge is -2.08. The van der Waals surface area contributed by atoms with Crippen molar-refractivity contribution in [2.75, 3.05) is 7.11 Å². The highest BCUT2D eigenvalue weighted by Crippen LogP contribution is 2.27. The van der Waals surface area contributed by atoms with Gasteiger partial charge in [0.2, 0.25) is 0 Å². The fourth-order valence-corrected chi connectivity index (χ4v) is 2.33. The van der Waals surface area contributed by atoms with Gasteiger partial charge in [-0.2, -0.15) is 0 Å². The first-order valence-corrected chi connectivity index (χ1v) is 6.46. The number of aromatic nitrogens is 2. The predicted molar refractivity (Wildman–Crippen MR) is 78.5 cm³/mol. The number of rotatable bonds is 3. The molecule has 3 aromatic rings. The van der Waals surface area contributed by atoms with Gasteiger partial charge in [-0.05, 0) is 17.5 Å². The number of benzene rings is 2. The minimum absolute atomic E-state index is 0.246. The van der Waals surface area contributed by atoms with Crippen molar-refractivity contribution in [1.82, 2.24) is 9.97 Å². The molecule has 0 radical (unpaired) electrons. The summed E-state index contributed by atoms with van der Waals surface area (Å²) in [4.78, 5) is 18.8. The zero-order chi connectivity index (χ0) is 14.8. The summed E-state index contributed by atoms with van der Waals surface area (Å²) in [6.45, 7) is 0.246. The van der Waals surface area contributed by atoms with E-state index in [4.69, 9.17) is 4.74 Å². The highest BCUT2D eigenvalue weighted by atomic mass is 19.1. The van der Waals surface area contributed by atoms with E-state index in [1.54, 1.807) is 24.3 Å². The number of nitrogens with zero attached hydrogens (tertiary/aromatic N) is 1. The van der Waals surface area contributed by atoms with Crippen LogP contribution < -0.4 is 5.56 Å². The molecule has 0 saturated carbocycles. The van der Waals surface area contributed by atoms with Crippen LogP contribution in [0.3, 0.4) is 0 Å². The van der Waals surface area contributed by atoms with Crippen LogP contribution in [0.5, 0.6) is 0 Å². The monoisotopic (exact) mass is 284 g/mol. The zero-order valence-corrected chi connectivity index (χ0v) is 11.4. The first kappa shape index (κ1) is 13.5. The molecule has 0 amide bonds. The molecule has 1 heterocycles. The average Bonchev–Trinajstić information content (AvgIpc) is 2.47. The topological polar surface area (TPSA) is 55.0 Å². The van der Waals surface area contributed by atoms with Crippen molar-refractivity contribution in [3.05, 3.63) is 64.3 Å². The number of nitrogens with one attached hydrogen (secondary N) is 1. The Morgan fingerprint density at radius 1 is 1.19 bits per heavy atom. The number of ether oxygens (including phenoxy) is 1. The molecule has 106 valence electrons. The SMILES string of the molecule is COCc1cc(=O)[nH]c(-c2ccc(F)c3ccccc23)n1. The molecule has 21 heavy (non-hydrogen) atoms. The van der Waals surface area contributed by atoms with Crippen LogP contribution in [0.1, 0.15) is 5.69 Å². The Hall–Kier alpha value is -2.53. The largest absolute Gasteiger partial charge is 0.378 e. The summed E-state index contributed by atoms with van der Waals surface area (Å²) < 4.78 is 18.9. The Labute approximate surface area is 120 Å². The molecule has 1 N–H and O–H groups in total. The van der Waals surface area contributed by atoms with Crippen molar-refractivity contribution in [3.63, 3.8) is 0 Å². The number of halogens is 1. The van der Waals surface area contributed by atoms with E-state index in [0.29, 0.717) is 27.9 Å². The van der Waals surface area contributed by atoms with Crippen LogP contribution in [0.4, 0.5) is 4.39 Å². The van der Waals surface area contributed by atoms with Gasteiger partial charge in [0, 0.05) is 24.1 Å². The summed E-state index contributed by atoms with van der Waals surface area (Å²) in [5.74, 6) is 0.107. The minimum Gasteiger partial charge on any atom is -0.378 e. The third-order valence-electron chi connectivity index (χ3n) is 3.21. The summed E-state index contributed by atoms with van der Waals surface area (Å²) in [5.41, 5.74) is 0.951. The van der Waals surface area contributed by atoms with Gasteiger partial charge in [-0.25, -0.2) is 9.37 Å². The zero-order valence-electron chi connectivity index (χ0n) is 11.4. The summed E-state index contributed by atoms with van der Waals surface area (Å²) in [7, 11) is 1.54. The van der Waals surface area contributed by atoms with Crippen molar-refractivity contribution in [2.24, 2.45) is 0 Å². The van der Waals surface area contributed by atoms with Gasteiger partial charge in [-0.3, -0.25) is 4.79 Å². The van der Waals surface area contributed by atoms with Gasteiger partial charge in [0.05, 0.1) is 12.3 Å². The van der Waals surface area contributed by atoms with Crippen LogP contribution in [0, 0.1) is 5.82 Å². The Bertz CT molecular complexity index is 858. The molecule has 0 aliphatic heterocycles. The summed E-state index contributed by atoms with van der Waals surface area (Å²) in [6.07, 6.45) is 0. The third-order valence-corrected chi connectivity index (χ3v) is 3.21. The van der Waals surface area contributed by atoms with Crippen LogP contribution in [-0.4, -0.2) is 17.1 Å². The molecule has 0 aliphatic rings. The van der Waals surface area contributed by atoms with E-state index in [2.05, 4.69) is 9.97 Å². The van der Waals surface area contributed by atoms with Gasteiger partial charge in [0.15, 0.2) is 0 Å². The van der Waals surface area contributed by atoms with Gasteiger partial charge in [-0.1, -0.05) is 24.3 Å². The van der Waals surface area contributed by atoms with E-state index in [-0.39, 0.29) is 18.0 Å². The lowest BCUT2D eigenvalue weighted by Crippen LogP contribution is -2.11. The van der Waals surface area contributed by atoms with Crippen LogP contribution in [0.15, 0.2) is 47.3 Å². The van der Waals surface area contributed by atoms with Gasteiger partial charge in [0.1, 0.15) is 11.6 Å². The quantitative estimate of drug-likeness (QED) is 0.804. The highest BCUT2D eigenvalue weighted by Gasteiger charge is 2.10. The van der Waals surface area contributed by atoms with Crippen molar-refractivity contribution in [3.8, 4) is 11.4 Å². The van der Waals surface area contributed by atoms with E-state index in [1.165, 1.54) is 19.2 Å². The summed E-state index contributed by atoms with van der Waals surface area (Å²) >= 11 is 0. The van der Waals surface area contributed by atoms with Crippen LogP contribution in [-0.2, 0) is 11.3 Å². The number of fused-ring (bicyclic) bond motifs is 1. The molecule has 5 heteroatoms. The number of hydrogen-bond donors (Lipinski definition) is 1. The maximum absolute atomic E-state index is 13.8. The molecular formula is C16H13FN2O2. The van der Waals surface area contributed by atoms with E-state index >= 15 is 0 Å². The molecule has 0 bridgehead atoms. The average molecular weight is 284 g/mol. The fourth-order valence-electron chi connectivity index (χ4n) is 2.33. The second-order valence-corrected chi connectivity index (χ2v) is 4.66. The van der Waals surface area contributed by atoms with Gasteiger partial charge in [0.25, 0.3) is 5.56 Å². The molecule has 0 unspecified atom stereocenters. The Morgan fingerprint density at radius 3 is 2.71 bits per heavy atom. The molecule has 0 saturated heterocycles. The van der Waals surface area contributed by atoms with E-state index in [1.807, 2.05) is 6.07 Å². The molecule has 0 aliphatic carbocycles. The van der Waals surface area contributed by atoms with E-state index in [9.17, 15) is 9.18 Å². The van der Waals surface area contributed by atoms with Crippen LogP contribution in [0.2, 0.25) is 0 Å². The molecule has 2 aromatic carbocycles. The smallest absolute Gasteiger partial charge is 0.251 e. The fraction of sp³-hybridized carbons (Fsp3) is 0.125. The van der Waals surface area contributed by atoms with Gasteiger partial charge >= 0.3 is 0 Å². The molecule has 1 aromatic heterocycles. The van der Waals surface area contributed by atoms with Crippen molar-refractivity contribution in [2.45, 2.75) is 6.61 Å². The van der Waals surface area contributed by atoms with Crippen molar-refractivity contribution < 1.29 is 9.13 Å². The van der Waals surface area contributed by atoms with E-state index < -0.39 is 0 Å². The first-order valence-electron chi connectivity index (χ1n) is 6.46. The van der Waals surface area contributed by atoms with Crippen LogP contribution >= 0.6 is 0 Å². The normalized spacial score (nSPS) is 11.0. The first-order chi connectivity index (χ1) is 10.2. The second-order valence-electron chi connectivity index (χ2n) is 4.66. The van der Waals surface area contributed by atoms with E-state index in [0.717, 1.165) is 0 Å². The maximum atomic E-state index is 13.8. The Morgan fingerprint density at radius 2 is 1.95 bits per heavy atom. The summed E-state index contributed by atoms with van der Waals surface area (Å²) in [5, 5.41) is 1.20. The van der Waals surface area contributed by atoms with Crippen LogP contribution in [0.25, 0.3) is 22.2 Å². The molecule has 4 nitrogen and oxygen atoms in total.